The molecule has 0 spiro atoms. The highest BCUT2D eigenvalue weighted by atomic mass is 16.1. The molecule has 0 amide bonds. The van der Waals surface area contributed by atoms with Gasteiger partial charge in [0.15, 0.2) is 0 Å². The molecule has 68 valence electrons. The fraction of sp³-hybridized carbons (Fsp3) is 0.778. The number of nitrogens with one attached hydrogen (secondary N) is 1. The number of ketones is 2. The van der Waals surface area contributed by atoms with E-state index in [2.05, 4.69) is 5.32 Å². The Bertz CT molecular complexity index is 183. The number of hydrogen-bond donors (Lipinski definition) is 1. The van der Waals surface area contributed by atoms with E-state index in [0.29, 0.717) is 0 Å². The van der Waals surface area contributed by atoms with E-state index in [9.17, 15) is 9.59 Å². The van der Waals surface area contributed by atoms with Crippen molar-refractivity contribution in [3.05, 3.63) is 0 Å². The molecule has 1 aliphatic heterocycles. The smallest absolute Gasteiger partial charge is 0.144 e. The molecule has 1 heterocycles. The van der Waals surface area contributed by atoms with Crippen molar-refractivity contribution >= 4 is 11.6 Å². The summed E-state index contributed by atoms with van der Waals surface area (Å²) in [6, 6.07) is 0. The van der Waals surface area contributed by atoms with Crippen molar-refractivity contribution in [2.24, 2.45) is 5.92 Å². The molecule has 1 atom stereocenters. The van der Waals surface area contributed by atoms with Gasteiger partial charge in [-0.1, -0.05) is 0 Å². The Labute approximate surface area is 72.5 Å². The third-order valence-corrected chi connectivity index (χ3v) is 2.18. The third kappa shape index (κ3) is 2.74. The lowest BCUT2D eigenvalue weighted by Gasteiger charge is -2.20. The lowest BCUT2D eigenvalue weighted by molar-refractivity contribution is -0.128. The molecule has 0 saturated carbocycles. The van der Waals surface area contributed by atoms with Crippen LogP contribution < -0.4 is 5.32 Å². The first-order valence-electron chi connectivity index (χ1n) is 4.43. The molecule has 0 bridgehead atoms. The van der Waals surface area contributed by atoms with E-state index in [-0.39, 0.29) is 23.9 Å². The van der Waals surface area contributed by atoms with E-state index >= 15 is 0 Å². The van der Waals surface area contributed by atoms with Crippen LogP contribution in [0.1, 0.15) is 26.2 Å². The molecule has 3 heteroatoms. The standard InChI is InChI=1S/C9H15NO2/c1-7(11)5-9(12)8-3-2-4-10-6-8/h8,10H,2-6H2,1H3. The van der Waals surface area contributed by atoms with Gasteiger partial charge in [0.1, 0.15) is 11.6 Å². The van der Waals surface area contributed by atoms with Gasteiger partial charge in [-0.2, -0.15) is 0 Å². The van der Waals surface area contributed by atoms with Crippen LogP contribution in [-0.2, 0) is 9.59 Å². The maximum Gasteiger partial charge on any atom is 0.144 e. The maximum atomic E-state index is 11.3. The molecule has 12 heavy (non-hydrogen) atoms. The van der Waals surface area contributed by atoms with E-state index < -0.39 is 0 Å². The molecule has 1 rings (SSSR count). The molecule has 0 aromatic carbocycles. The van der Waals surface area contributed by atoms with Crippen LogP contribution in [0.4, 0.5) is 0 Å². The Morgan fingerprint density at radius 2 is 2.25 bits per heavy atom. The van der Waals surface area contributed by atoms with Gasteiger partial charge in [0.05, 0.1) is 6.42 Å². The summed E-state index contributed by atoms with van der Waals surface area (Å²) in [5.74, 6) is 0.169. The summed E-state index contributed by atoms with van der Waals surface area (Å²) < 4.78 is 0. The van der Waals surface area contributed by atoms with Gasteiger partial charge in [-0.15, -0.1) is 0 Å². The number of Topliss-reactive ketones (excluding diaryl/α,β-unsaturated/α-hetero) is 2. The van der Waals surface area contributed by atoms with E-state index in [1.165, 1.54) is 6.92 Å². The van der Waals surface area contributed by atoms with E-state index in [1.807, 2.05) is 0 Å². The largest absolute Gasteiger partial charge is 0.316 e. The minimum atomic E-state index is -0.0226. The SMILES string of the molecule is CC(=O)CC(=O)C1CCCNC1. The van der Waals surface area contributed by atoms with E-state index in [4.69, 9.17) is 0 Å². The molecular weight excluding hydrogens is 154 g/mol. The predicted molar refractivity (Wildman–Crippen MR) is 45.9 cm³/mol. The van der Waals surface area contributed by atoms with E-state index in [0.717, 1.165) is 25.9 Å². The summed E-state index contributed by atoms with van der Waals surface area (Å²) in [5, 5.41) is 3.16. The highest BCUT2D eigenvalue weighted by Gasteiger charge is 2.21. The van der Waals surface area contributed by atoms with Crippen LogP contribution in [-0.4, -0.2) is 24.7 Å². The lowest BCUT2D eigenvalue weighted by atomic mass is 9.93. The Morgan fingerprint density at radius 3 is 2.75 bits per heavy atom. The van der Waals surface area contributed by atoms with Crippen LogP contribution in [0.2, 0.25) is 0 Å². The Hall–Kier alpha value is -0.700. The number of hydrogen-bond acceptors (Lipinski definition) is 3. The van der Waals surface area contributed by atoms with Crippen molar-refractivity contribution in [3.63, 3.8) is 0 Å². The van der Waals surface area contributed by atoms with Crippen LogP contribution in [0.15, 0.2) is 0 Å². The number of rotatable bonds is 3. The van der Waals surface area contributed by atoms with Gasteiger partial charge in [-0.25, -0.2) is 0 Å². The lowest BCUT2D eigenvalue weighted by Crippen LogP contribution is -2.34. The third-order valence-electron chi connectivity index (χ3n) is 2.18. The van der Waals surface area contributed by atoms with Crippen molar-refractivity contribution in [3.8, 4) is 0 Å². The molecule has 1 saturated heterocycles. The summed E-state index contributed by atoms with van der Waals surface area (Å²) >= 11 is 0. The van der Waals surface area contributed by atoms with Gasteiger partial charge < -0.3 is 5.32 Å². The van der Waals surface area contributed by atoms with Gasteiger partial charge in [0.2, 0.25) is 0 Å². The predicted octanol–water partition coefficient (Wildman–Crippen LogP) is 0.534. The van der Waals surface area contributed by atoms with Crippen LogP contribution in [0.3, 0.4) is 0 Å². The highest BCUT2D eigenvalue weighted by Crippen LogP contribution is 2.12. The molecule has 0 aromatic heterocycles. The van der Waals surface area contributed by atoms with Crippen LogP contribution >= 0.6 is 0 Å². The zero-order valence-corrected chi connectivity index (χ0v) is 7.43. The number of carbonyl (C=O) groups is 2. The van der Waals surface area contributed by atoms with E-state index in [1.54, 1.807) is 0 Å². The molecular formula is C9H15NO2. The number of piperidine rings is 1. The Kier molecular flexibility index (Phi) is 3.41. The van der Waals surface area contributed by atoms with Crippen molar-refractivity contribution in [1.82, 2.24) is 5.32 Å². The fourth-order valence-electron chi connectivity index (χ4n) is 1.52. The zero-order valence-electron chi connectivity index (χ0n) is 7.43. The van der Waals surface area contributed by atoms with Crippen LogP contribution in [0.25, 0.3) is 0 Å². The van der Waals surface area contributed by atoms with Gasteiger partial charge in [0.25, 0.3) is 0 Å². The van der Waals surface area contributed by atoms with Crippen molar-refractivity contribution < 1.29 is 9.59 Å². The first-order chi connectivity index (χ1) is 5.70. The monoisotopic (exact) mass is 169 g/mol. The summed E-state index contributed by atoms with van der Waals surface area (Å²) in [4.78, 5) is 22.0. The van der Waals surface area contributed by atoms with Gasteiger partial charge in [-0.3, -0.25) is 9.59 Å². The summed E-state index contributed by atoms with van der Waals surface area (Å²) in [7, 11) is 0. The summed E-state index contributed by atoms with van der Waals surface area (Å²) in [6.45, 7) is 3.23. The topological polar surface area (TPSA) is 46.2 Å². The molecule has 1 aliphatic rings. The average Bonchev–Trinajstić information content (AvgIpc) is 2.05. The molecule has 1 N–H and O–H groups in total. The van der Waals surface area contributed by atoms with Crippen molar-refractivity contribution in [1.29, 1.82) is 0 Å². The Balaban J connectivity index is 2.34. The minimum absolute atomic E-state index is 0.0226. The van der Waals surface area contributed by atoms with Gasteiger partial charge >= 0.3 is 0 Å². The molecule has 0 radical (unpaired) electrons. The van der Waals surface area contributed by atoms with Gasteiger partial charge in [-0.05, 0) is 26.3 Å². The molecule has 3 nitrogen and oxygen atoms in total. The van der Waals surface area contributed by atoms with Crippen LogP contribution in [0, 0.1) is 5.92 Å². The molecule has 0 aromatic rings. The quantitative estimate of drug-likeness (QED) is 0.627. The second-order valence-corrected chi connectivity index (χ2v) is 3.39. The molecule has 0 aliphatic carbocycles. The fourth-order valence-corrected chi connectivity index (χ4v) is 1.52. The van der Waals surface area contributed by atoms with Crippen molar-refractivity contribution in [2.75, 3.05) is 13.1 Å². The van der Waals surface area contributed by atoms with Crippen LogP contribution in [0.5, 0.6) is 0 Å². The molecule has 1 fully saturated rings. The number of carbonyl (C=O) groups excluding carboxylic acids is 2. The normalized spacial score (nSPS) is 23.6. The second-order valence-electron chi connectivity index (χ2n) is 3.39. The maximum absolute atomic E-state index is 11.3. The average molecular weight is 169 g/mol. The highest BCUT2D eigenvalue weighted by molar-refractivity contribution is 5.99. The Morgan fingerprint density at radius 1 is 1.50 bits per heavy atom. The second kappa shape index (κ2) is 4.36. The minimum Gasteiger partial charge on any atom is -0.316 e. The zero-order chi connectivity index (χ0) is 8.97. The first-order valence-corrected chi connectivity index (χ1v) is 4.43. The summed E-state index contributed by atoms with van der Waals surface area (Å²) in [5.41, 5.74) is 0. The molecule has 1 unspecified atom stereocenters. The van der Waals surface area contributed by atoms with Crippen molar-refractivity contribution in [2.45, 2.75) is 26.2 Å². The first kappa shape index (κ1) is 9.39. The summed E-state index contributed by atoms with van der Waals surface area (Å²) in [6.07, 6.45) is 2.11. The van der Waals surface area contributed by atoms with Gasteiger partial charge in [0, 0.05) is 12.5 Å².